The fourth-order valence-electron chi connectivity index (χ4n) is 2.97. The number of hydrogen-bond acceptors (Lipinski definition) is 3. The number of carbonyl (C=O) groups is 1. The zero-order valence-corrected chi connectivity index (χ0v) is 13.6. The molecule has 2 atom stereocenters. The van der Waals surface area contributed by atoms with Crippen LogP contribution in [-0.2, 0) is 11.3 Å². The quantitative estimate of drug-likeness (QED) is 0.909. The minimum atomic E-state index is -0.335. The van der Waals surface area contributed by atoms with Crippen molar-refractivity contribution in [2.24, 2.45) is 5.92 Å². The third kappa shape index (κ3) is 3.97. The summed E-state index contributed by atoms with van der Waals surface area (Å²) in [4.78, 5) is 13.7. The number of nitrogens with one attached hydrogen (secondary N) is 1. The fraction of sp³-hybridized carbons (Fsp3) is 0.588. The lowest BCUT2D eigenvalue weighted by Crippen LogP contribution is -2.49. The van der Waals surface area contributed by atoms with Gasteiger partial charge in [-0.05, 0) is 30.0 Å². The second-order valence-electron chi connectivity index (χ2n) is 5.92. The molecule has 4 nitrogen and oxygen atoms in total. The summed E-state index contributed by atoms with van der Waals surface area (Å²) < 4.78 is 18.6. The summed E-state index contributed by atoms with van der Waals surface area (Å²) in [6.07, 6.45) is 1.50. The zero-order valence-electron chi connectivity index (χ0n) is 13.6. The van der Waals surface area contributed by atoms with E-state index >= 15 is 0 Å². The summed E-state index contributed by atoms with van der Waals surface area (Å²) in [7, 11) is 1.46. The predicted molar refractivity (Wildman–Crippen MR) is 84.2 cm³/mol. The van der Waals surface area contributed by atoms with Gasteiger partial charge in [0, 0.05) is 32.1 Å². The maximum atomic E-state index is 13.7. The molecule has 2 rings (SSSR count). The number of amides is 1. The molecule has 1 fully saturated rings. The average Bonchev–Trinajstić information content (AvgIpc) is 2.53. The number of piperidine rings is 1. The summed E-state index contributed by atoms with van der Waals surface area (Å²) in [5.74, 6) is 0.552. The van der Waals surface area contributed by atoms with Gasteiger partial charge < -0.3 is 15.0 Å². The molecule has 1 aromatic carbocycles. The first-order valence-electron chi connectivity index (χ1n) is 7.88. The Labute approximate surface area is 131 Å². The smallest absolute Gasteiger partial charge is 0.222 e. The molecular formula is C17H25FN2O2. The Balaban J connectivity index is 1.87. The first-order chi connectivity index (χ1) is 10.5. The number of hydrogen-bond donors (Lipinski definition) is 1. The molecule has 5 heteroatoms. The predicted octanol–water partition coefficient (Wildman–Crippen LogP) is 2.57. The van der Waals surface area contributed by atoms with E-state index in [0.29, 0.717) is 24.9 Å². The molecule has 1 aromatic rings. The van der Waals surface area contributed by atoms with Crippen LogP contribution in [0, 0.1) is 11.7 Å². The van der Waals surface area contributed by atoms with Gasteiger partial charge in [-0.1, -0.05) is 19.9 Å². The SMILES string of the molecule is CCC(=O)N1CC[C@H](NCc2ccc(OC)c(F)c2)[C@@H](C)C1. The zero-order chi connectivity index (χ0) is 16.1. The fourth-order valence-corrected chi connectivity index (χ4v) is 2.97. The van der Waals surface area contributed by atoms with E-state index in [4.69, 9.17) is 4.74 Å². The summed E-state index contributed by atoms with van der Waals surface area (Å²) in [5, 5.41) is 3.48. The second-order valence-corrected chi connectivity index (χ2v) is 5.92. The van der Waals surface area contributed by atoms with Crippen molar-refractivity contribution in [3.05, 3.63) is 29.6 Å². The van der Waals surface area contributed by atoms with Gasteiger partial charge in [0.2, 0.25) is 5.91 Å². The van der Waals surface area contributed by atoms with Crippen LogP contribution in [-0.4, -0.2) is 37.0 Å². The molecule has 0 radical (unpaired) electrons. The Kier molecular flexibility index (Phi) is 5.77. The Bertz CT molecular complexity index is 521. The van der Waals surface area contributed by atoms with E-state index in [0.717, 1.165) is 25.1 Å². The van der Waals surface area contributed by atoms with Crippen molar-refractivity contribution in [3.8, 4) is 5.75 Å². The van der Waals surface area contributed by atoms with Gasteiger partial charge in [-0.2, -0.15) is 0 Å². The molecule has 0 saturated carbocycles. The van der Waals surface area contributed by atoms with Gasteiger partial charge >= 0.3 is 0 Å². The van der Waals surface area contributed by atoms with Crippen LogP contribution in [0.25, 0.3) is 0 Å². The van der Waals surface area contributed by atoms with Crippen LogP contribution in [0.4, 0.5) is 4.39 Å². The Morgan fingerprint density at radius 2 is 2.27 bits per heavy atom. The Morgan fingerprint density at radius 1 is 1.50 bits per heavy atom. The molecule has 1 saturated heterocycles. The van der Waals surface area contributed by atoms with Crippen molar-refractivity contribution in [2.75, 3.05) is 20.2 Å². The second kappa shape index (κ2) is 7.58. The van der Waals surface area contributed by atoms with Crippen molar-refractivity contribution in [1.29, 1.82) is 0 Å². The topological polar surface area (TPSA) is 41.6 Å². The molecule has 1 amide bonds. The third-order valence-electron chi connectivity index (χ3n) is 4.35. The van der Waals surface area contributed by atoms with Gasteiger partial charge in [-0.3, -0.25) is 4.79 Å². The highest BCUT2D eigenvalue weighted by atomic mass is 19.1. The number of likely N-dealkylation sites (tertiary alicyclic amines) is 1. The highest BCUT2D eigenvalue weighted by Gasteiger charge is 2.27. The van der Waals surface area contributed by atoms with E-state index in [2.05, 4.69) is 12.2 Å². The molecule has 1 aliphatic rings. The molecule has 122 valence electrons. The van der Waals surface area contributed by atoms with Gasteiger partial charge in [0.15, 0.2) is 11.6 Å². The van der Waals surface area contributed by atoms with Crippen molar-refractivity contribution in [1.82, 2.24) is 10.2 Å². The Hall–Kier alpha value is -1.62. The maximum absolute atomic E-state index is 13.7. The largest absolute Gasteiger partial charge is 0.494 e. The van der Waals surface area contributed by atoms with Crippen LogP contribution in [0.15, 0.2) is 18.2 Å². The van der Waals surface area contributed by atoms with Crippen molar-refractivity contribution in [2.45, 2.75) is 39.3 Å². The molecule has 0 aliphatic carbocycles. The first kappa shape index (κ1) is 16.7. The normalized spacial score (nSPS) is 21.7. The molecular weight excluding hydrogens is 283 g/mol. The maximum Gasteiger partial charge on any atom is 0.222 e. The molecule has 0 unspecified atom stereocenters. The monoisotopic (exact) mass is 308 g/mol. The van der Waals surface area contributed by atoms with Crippen LogP contribution in [0.3, 0.4) is 0 Å². The number of rotatable bonds is 5. The molecule has 0 bridgehead atoms. The number of ether oxygens (including phenoxy) is 1. The summed E-state index contributed by atoms with van der Waals surface area (Å²) in [5.41, 5.74) is 0.901. The number of halogens is 1. The van der Waals surface area contributed by atoms with Crippen LogP contribution in [0.5, 0.6) is 5.75 Å². The van der Waals surface area contributed by atoms with Gasteiger partial charge in [-0.15, -0.1) is 0 Å². The lowest BCUT2D eigenvalue weighted by atomic mass is 9.93. The number of methoxy groups -OCH3 is 1. The van der Waals surface area contributed by atoms with E-state index in [-0.39, 0.29) is 17.5 Å². The van der Waals surface area contributed by atoms with Crippen molar-refractivity contribution in [3.63, 3.8) is 0 Å². The van der Waals surface area contributed by atoms with Crippen LogP contribution < -0.4 is 10.1 Å². The highest BCUT2D eigenvalue weighted by molar-refractivity contribution is 5.75. The molecule has 1 aliphatic heterocycles. The summed E-state index contributed by atoms with van der Waals surface area (Å²) in [6.45, 7) is 6.27. The average molecular weight is 308 g/mol. The van der Waals surface area contributed by atoms with Crippen molar-refractivity contribution < 1.29 is 13.9 Å². The standard InChI is InChI=1S/C17H25FN2O2/c1-4-17(21)20-8-7-15(12(2)11-20)19-10-13-5-6-16(22-3)14(18)9-13/h5-6,9,12,15,19H,4,7-8,10-11H2,1-3H3/t12-,15-/m0/s1. The molecule has 1 heterocycles. The molecule has 0 aromatic heterocycles. The third-order valence-corrected chi connectivity index (χ3v) is 4.35. The lowest BCUT2D eigenvalue weighted by molar-refractivity contribution is -0.132. The Morgan fingerprint density at radius 3 is 2.86 bits per heavy atom. The van der Waals surface area contributed by atoms with E-state index in [1.165, 1.54) is 13.2 Å². The van der Waals surface area contributed by atoms with Gasteiger partial charge in [-0.25, -0.2) is 4.39 Å². The minimum Gasteiger partial charge on any atom is -0.494 e. The van der Waals surface area contributed by atoms with Crippen LogP contribution in [0.2, 0.25) is 0 Å². The number of carbonyl (C=O) groups excluding carboxylic acids is 1. The summed E-state index contributed by atoms with van der Waals surface area (Å²) in [6, 6.07) is 5.38. The molecule has 1 N–H and O–H groups in total. The number of nitrogens with zero attached hydrogens (tertiary/aromatic N) is 1. The molecule has 22 heavy (non-hydrogen) atoms. The lowest BCUT2D eigenvalue weighted by Gasteiger charge is -2.37. The van der Waals surface area contributed by atoms with Crippen molar-refractivity contribution >= 4 is 5.91 Å². The highest BCUT2D eigenvalue weighted by Crippen LogP contribution is 2.20. The molecule has 0 spiro atoms. The van der Waals surface area contributed by atoms with Gasteiger partial charge in [0.1, 0.15) is 0 Å². The minimum absolute atomic E-state index is 0.225. The number of benzene rings is 1. The van der Waals surface area contributed by atoms with Crippen LogP contribution in [0.1, 0.15) is 32.3 Å². The van der Waals surface area contributed by atoms with Gasteiger partial charge in [0.25, 0.3) is 0 Å². The van der Waals surface area contributed by atoms with E-state index < -0.39 is 0 Å². The van der Waals surface area contributed by atoms with E-state index in [1.54, 1.807) is 6.07 Å². The van der Waals surface area contributed by atoms with E-state index in [1.807, 2.05) is 17.9 Å². The van der Waals surface area contributed by atoms with E-state index in [9.17, 15) is 9.18 Å². The first-order valence-corrected chi connectivity index (χ1v) is 7.88. The van der Waals surface area contributed by atoms with Gasteiger partial charge in [0.05, 0.1) is 7.11 Å². The summed E-state index contributed by atoms with van der Waals surface area (Å²) >= 11 is 0. The van der Waals surface area contributed by atoms with Crippen LogP contribution >= 0.6 is 0 Å².